The molecule has 0 amide bonds. The molecule has 0 aromatic rings. The summed E-state index contributed by atoms with van der Waals surface area (Å²) in [5.41, 5.74) is 2.44. The van der Waals surface area contributed by atoms with E-state index in [1.165, 1.54) is 64.2 Å². The van der Waals surface area contributed by atoms with Crippen LogP contribution in [0.1, 0.15) is 125 Å². The van der Waals surface area contributed by atoms with E-state index < -0.39 is 0 Å². The minimum atomic E-state index is -0.0671. The van der Waals surface area contributed by atoms with E-state index in [1.807, 2.05) is 0 Å². The van der Waals surface area contributed by atoms with E-state index >= 15 is 0 Å². The lowest BCUT2D eigenvalue weighted by Crippen LogP contribution is -2.50. The molecule has 0 radical (unpaired) electrons. The number of nitrogens with zero attached hydrogens (tertiary/aromatic N) is 2. The first-order chi connectivity index (χ1) is 20.5. The van der Waals surface area contributed by atoms with Crippen molar-refractivity contribution in [3.8, 4) is 0 Å². The molecule has 4 rings (SSSR count). The summed E-state index contributed by atoms with van der Waals surface area (Å²) in [5, 5.41) is 9.47. The lowest BCUT2D eigenvalue weighted by molar-refractivity contribution is -0.152. The number of esters is 1. The van der Waals surface area contributed by atoms with Crippen LogP contribution in [0.2, 0.25) is 0 Å². The van der Waals surface area contributed by atoms with Gasteiger partial charge in [-0.3, -0.25) is 4.79 Å². The zero-order valence-corrected chi connectivity index (χ0v) is 29.2. The summed E-state index contributed by atoms with van der Waals surface area (Å²) in [7, 11) is 4.16. The summed E-state index contributed by atoms with van der Waals surface area (Å²) in [4.78, 5) is 17.3. The van der Waals surface area contributed by atoms with Gasteiger partial charge in [0.25, 0.3) is 0 Å². The van der Waals surface area contributed by atoms with Crippen molar-refractivity contribution < 1.29 is 14.6 Å². The second kappa shape index (κ2) is 15.6. The maximum Gasteiger partial charge on any atom is 0.307 e. The fraction of sp³-hybridized carbons (Fsp3) is 0.921. The first kappa shape index (κ1) is 35.0. The summed E-state index contributed by atoms with van der Waals surface area (Å²) >= 11 is 0. The van der Waals surface area contributed by atoms with Crippen molar-refractivity contribution in [3.63, 3.8) is 0 Å². The minimum absolute atomic E-state index is 0.0333. The lowest BCUT2D eigenvalue weighted by atomic mass is 9.47. The highest BCUT2D eigenvalue weighted by atomic mass is 16.5. The molecule has 0 bridgehead atoms. The van der Waals surface area contributed by atoms with E-state index in [4.69, 9.17) is 4.74 Å². The first-order valence-electron chi connectivity index (χ1n) is 18.4. The monoisotopic (exact) mass is 601 g/mol. The minimum Gasteiger partial charge on any atom is -0.462 e. The summed E-state index contributed by atoms with van der Waals surface area (Å²) in [5.74, 6) is 5.13. The van der Waals surface area contributed by atoms with E-state index in [2.05, 4.69) is 64.6 Å². The highest BCUT2D eigenvalue weighted by Gasteiger charge is 2.58. The third kappa shape index (κ3) is 8.28. The molecule has 0 spiro atoms. The van der Waals surface area contributed by atoms with E-state index in [-0.39, 0.29) is 18.7 Å². The zero-order chi connectivity index (χ0) is 31.2. The Hall–Kier alpha value is -0.910. The van der Waals surface area contributed by atoms with Gasteiger partial charge in [0.2, 0.25) is 0 Å². The van der Waals surface area contributed by atoms with Crippen molar-refractivity contribution in [2.45, 2.75) is 131 Å². The third-order valence-electron chi connectivity index (χ3n) is 13.3. The molecule has 0 aromatic heterocycles. The molecule has 5 nitrogen and oxygen atoms in total. The summed E-state index contributed by atoms with van der Waals surface area (Å²) in [6.07, 6.45) is 19.8. The van der Waals surface area contributed by atoms with Gasteiger partial charge in [-0.25, -0.2) is 0 Å². The number of hydrogen-bond donors (Lipinski definition) is 1. The van der Waals surface area contributed by atoms with Crippen LogP contribution in [-0.2, 0) is 9.53 Å². The van der Waals surface area contributed by atoms with Crippen molar-refractivity contribution in [1.29, 1.82) is 0 Å². The first-order valence-corrected chi connectivity index (χ1v) is 18.4. The van der Waals surface area contributed by atoms with Crippen LogP contribution < -0.4 is 0 Å². The smallest absolute Gasteiger partial charge is 0.307 e. The quantitative estimate of drug-likeness (QED) is 0.144. The van der Waals surface area contributed by atoms with Gasteiger partial charge in [0.15, 0.2) is 0 Å². The maximum absolute atomic E-state index is 12.9. The molecule has 0 aromatic carbocycles. The van der Waals surface area contributed by atoms with Crippen LogP contribution in [0.15, 0.2) is 11.6 Å². The van der Waals surface area contributed by atoms with E-state index in [0.717, 1.165) is 67.9 Å². The molecule has 43 heavy (non-hydrogen) atoms. The van der Waals surface area contributed by atoms with Crippen molar-refractivity contribution in [2.24, 2.45) is 46.3 Å². The molecule has 248 valence electrons. The second-order valence-corrected chi connectivity index (χ2v) is 16.2. The zero-order valence-electron chi connectivity index (χ0n) is 29.2. The summed E-state index contributed by atoms with van der Waals surface area (Å²) in [6, 6.07) is 0. The van der Waals surface area contributed by atoms with Crippen molar-refractivity contribution in [1.82, 2.24) is 9.80 Å². The molecule has 0 heterocycles. The third-order valence-corrected chi connectivity index (χ3v) is 13.3. The van der Waals surface area contributed by atoms with Crippen LogP contribution in [0.4, 0.5) is 0 Å². The van der Waals surface area contributed by atoms with Crippen molar-refractivity contribution in [3.05, 3.63) is 11.6 Å². The Morgan fingerprint density at radius 3 is 2.51 bits per heavy atom. The van der Waals surface area contributed by atoms with Gasteiger partial charge in [-0.1, -0.05) is 65.5 Å². The number of hydrogen-bond acceptors (Lipinski definition) is 5. The van der Waals surface area contributed by atoms with Gasteiger partial charge in [-0.15, -0.1) is 0 Å². The van der Waals surface area contributed by atoms with Gasteiger partial charge in [-0.2, -0.15) is 0 Å². The molecule has 7 unspecified atom stereocenters. The van der Waals surface area contributed by atoms with E-state index in [1.54, 1.807) is 5.57 Å². The molecule has 8 atom stereocenters. The van der Waals surface area contributed by atoms with Crippen LogP contribution >= 0.6 is 0 Å². The predicted octanol–water partition coefficient (Wildman–Crippen LogP) is 7.97. The summed E-state index contributed by atoms with van der Waals surface area (Å²) < 4.78 is 6.09. The van der Waals surface area contributed by atoms with Gasteiger partial charge in [0, 0.05) is 19.5 Å². The molecule has 1 N–H and O–H groups in total. The molecule has 0 saturated heterocycles. The van der Waals surface area contributed by atoms with Gasteiger partial charge >= 0.3 is 5.97 Å². The number of aliphatic hydroxyl groups is 1. The fourth-order valence-corrected chi connectivity index (χ4v) is 10.5. The van der Waals surface area contributed by atoms with E-state index in [0.29, 0.717) is 30.3 Å². The van der Waals surface area contributed by atoms with Gasteiger partial charge < -0.3 is 19.6 Å². The van der Waals surface area contributed by atoms with E-state index in [9.17, 15) is 9.90 Å². The molecular weight excluding hydrogens is 532 g/mol. The predicted molar refractivity (Wildman–Crippen MR) is 179 cm³/mol. The average Bonchev–Trinajstić information content (AvgIpc) is 3.30. The van der Waals surface area contributed by atoms with Gasteiger partial charge in [0.1, 0.15) is 6.10 Å². The summed E-state index contributed by atoms with van der Waals surface area (Å²) in [6.45, 7) is 15.8. The molecule has 0 aliphatic heterocycles. The number of rotatable bonds is 16. The SMILES string of the molecule is CCC(CCCC1CCC2C3CC=C4CC(OC(=O)CCN(CCO)CCCN(C)C)CC[C@]4(C)C3CCC12C)C(C)C. The number of aliphatic hydroxyl groups excluding tert-OH is 1. The molecule has 3 fully saturated rings. The highest BCUT2D eigenvalue weighted by molar-refractivity contribution is 5.69. The molecule has 4 aliphatic rings. The fourth-order valence-electron chi connectivity index (χ4n) is 10.5. The Bertz CT molecular complexity index is 917. The van der Waals surface area contributed by atoms with Crippen LogP contribution in [0, 0.1) is 46.3 Å². The van der Waals surface area contributed by atoms with Crippen LogP contribution in [-0.4, -0.2) is 73.9 Å². The molecular formula is C38H68N2O3. The number of allylic oxidation sites excluding steroid dienone is 1. The Morgan fingerprint density at radius 1 is 1.02 bits per heavy atom. The Morgan fingerprint density at radius 2 is 1.81 bits per heavy atom. The van der Waals surface area contributed by atoms with Gasteiger partial charge in [0.05, 0.1) is 13.0 Å². The Kier molecular flexibility index (Phi) is 12.7. The van der Waals surface area contributed by atoms with Gasteiger partial charge in [-0.05, 0) is 131 Å². The molecule has 4 aliphatic carbocycles. The van der Waals surface area contributed by atoms with Crippen LogP contribution in [0.5, 0.6) is 0 Å². The largest absolute Gasteiger partial charge is 0.462 e. The second-order valence-electron chi connectivity index (χ2n) is 16.2. The standard InChI is InChI=1S/C38H68N2O3/c1-8-29(28(2)3)11-9-12-30-14-16-34-33-15-13-31-27-32(17-20-38(31,5)35(33)18-21-37(30,34)4)43-36(42)19-24-40(25-26-41)23-10-22-39(6)7/h13,28-30,32-35,41H,8-12,14-27H2,1-7H3/t29?,30?,32?,33?,34?,35?,37?,38-/m0/s1. The number of carbonyl (C=O) groups excluding carboxylic acids is 1. The maximum atomic E-state index is 12.9. The number of carbonyl (C=O) groups is 1. The van der Waals surface area contributed by atoms with Crippen molar-refractivity contribution >= 4 is 5.97 Å². The molecule has 3 saturated carbocycles. The van der Waals surface area contributed by atoms with Crippen LogP contribution in [0.25, 0.3) is 0 Å². The Balaban J connectivity index is 1.29. The normalized spacial score (nSPS) is 34.6. The average molecular weight is 601 g/mol. The lowest BCUT2D eigenvalue weighted by Gasteiger charge is -2.58. The van der Waals surface area contributed by atoms with Crippen molar-refractivity contribution in [2.75, 3.05) is 46.9 Å². The highest BCUT2D eigenvalue weighted by Crippen LogP contribution is 2.66. The molecule has 5 heteroatoms. The number of ether oxygens (including phenoxy) is 1. The van der Waals surface area contributed by atoms with Crippen LogP contribution in [0.3, 0.4) is 0 Å². The Labute approximate surface area is 265 Å². The topological polar surface area (TPSA) is 53.0 Å². The number of fused-ring (bicyclic) bond motifs is 5.